The highest BCUT2D eigenvalue weighted by molar-refractivity contribution is 6.33. The summed E-state index contributed by atoms with van der Waals surface area (Å²) < 4.78 is 5.35. The number of nitrogens with zero attached hydrogens (tertiary/aromatic N) is 3. The first-order chi connectivity index (χ1) is 11.5. The topological polar surface area (TPSA) is 49.6 Å². The highest BCUT2D eigenvalue weighted by atomic mass is 35.5. The van der Waals surface area contributed by atoms with Crippen LogP contribution in [-0.2, 0) is 0 Å². The van der Waals surface area contributed by atoms with E-state index in [1.807, 2.05) is 49.9 Å². The molecule has 1 aromatic carbocycles. The second-order valence-corrected chi connectivity index (χ2v) is 6.80. The summed E-state index contributed by atoms with van der Waals surface area (Å²) in [7, 11) is 0. The average Bonchev–Trinajstić information content (AvgIpc) is 2.97. The molecule has 0 atom stereocenters. The molecule has 0 aliphatic carbocycles. The van der Waals surface area contributed by atoms with Crippen LogP contribution in [-0.4, -0.2) is 42.1 Å². The van der Waals surface area contributed by atoms with Gasteiger partial charge in [-0.2, -0.15) is 0 Å². The number of piperazine rings is 1. The van der Waals surface area contributed by atoms with Crippen molar-refractivity contribution in [3.63, 3.8) is 0 Å². The van der Waals surface area contributed by atoms with E-state index in [1.165, 1.54) is 0 Å². The second-order valence-electron chi connectivity index (χ2n) is 6.39. The van der Waals surface area contributed by atoms with E-state index in [2.05, 4.69) is 10.1 Å². The third kappa shape index (κ3) is 3.13. The Kier molecular flexibility index (Phi) is 4.81. The van der Waals surface area contributed by atoms with E-state index in [-0.39, 0.29) is 11.8 Å². The summed E-state index contributed by atoms with van der Waals surface area (Å²) >= 11 is 6.27. The molecule has 1 fully saturated rings. The number of amides is 1. The SMILES string of the molecule is Cc1noc(C(C)C)c1C(=O)N1CCN(c2ccccc2Cl)CC1. The number of aromatic nitrogens is 1. The van der Waals surface area contributed by atoms with Gasteiger partial charge in [-0.25, -0.2) is 0 Å². The first kappa shape index (κ1) is 16.8. The minimum Gasteiger partial charge on any atom is -0.367 e. The molecule has 3 rings (SSSR count). The Morgan fingerprint density at radius 3 is 2.50 bits per heavy atom. The zero-order valence-corrected chi connectivity index (χ0v) is 15.0. The molecule has 0 saturated carbocycles. The summed E-state index contributed by atoms with van der Waals surface area (Å²) in [6.45, 7) is 8.67. The van der Waals surface area contributed by atoms with Crippen molar-refractivity contribution in [2.45, 2.75) is 26.7 Å². The van der Waals surface area contributed by atoms with Gasteiger partial charge in [-0.15, -0.1) is 0 Å². The lowest BCUT2D eigenvalue weighted by atomic mass is 10.0. The number of rotatable bonds is 3. The molecule has 1 aliphatic heterocycles. The summed E-state index contributed by atoms with van der Waals surface area (Å²) in [5.74, 6) is 0.817. The van der Waals surface area contributed by atoms with Crippen LogP contribution < -0.4 is 4.90 Å². The van der Waals surface area contributed by atoms with E-state index in [9.17, 15) is 4.79 Å². The Bertz CT molecular complexity index is 734. The van der Waals surface area contributed by atoms with Gasteiger partial charge in [0, 0.05) is 32.1 Å². The maximum atomic E-state index is 12.9. The van der Waals surface area contributed by atoms with E-state index in [1.54, 1.807) is 0 Å². The minimum absolute atomic E-state index is 0.0104. The molecule has 0 radical (unpaired) electrons. The van der Waals surface area contributed by atoms with Gasteiger partial charge in [0.15, 0.2) is 5.76 Å². The molecular formula is C18H22ClN3O2. The third-order valence-electron chi connectivity index (χ3n) is 4.39. The van der Waals surface area contributed by atoms with Gasteiger partial charge in [0.25, 0.3) is 5.91 Å². The molecule has 0 unspecified atom stereocenters. The fourth-order valence-electron chi connectivity index (χ4n) is 3.06. The summed E-state index contributed by atoms with van der Waals surface area (Å²) in [6, 6.07) is 7.81. The van der Waals surface area contributed by atoms with Crippen molar-refractivity contribution in [2.24, 2.45) is 0 Å². The number of carbonyl (C=O) groups is 1. The predicted octanol–water partition coefficient (Wildman–Crippen LogP) is 3.72. The van der Waals surface area contributed by atoms with Crippen LogP contribution >= 0.6 is 11.6 Å². The largest absolute Gasteiger partial charge is 0.367 e. The first-order valence-electron chi connectivity index (χ1n) is 8.24. The lowest BCUT2D eigenvalue weighted by Gasteiger charge is -2.36. The zero-order chi connectivity index (χ0) is 17.3. The number of halogens is 1. The van der Waals surface area contributed by atoms with Crippen LogP contribution in [0.2, 0.25) is 5.02 Å². The maximum absolute atomic E-state index is 12.9. The molecule has 6 heteroatoms. The predicted molar refractivity (Wildman–Crippen MR) is 94.9 cm³/mol. The Labute approximate surface area is 147 Å². The van der Waals surface area contributed by atoms with Crippen molar-refractivity contribution >= 4 is 23.2 Å². The van der Waals surface area contributed by atoms with Gasteiger partial charge in [-0.05, 0) is 19.1 Å². The molecule has 2 heterocycles. The van der Waals surface area contributed by atoms with Crippen molar-refractivity contribution in [2.75, 3.05) is 31.1 Å². The summed E-state index contributed by atoms with van der Waals surface area (Å²) in [5, 5.41) is 4.72. The van der Waals surface area contributed by atoms with Crippen LogP contribution in [0.5, 0.6) is 0 Å². The van der Waals surface area contributed by atoms with Gasteiger partial charge in [-0.3, -0.25) is 4.79 Å². The van der Waals surface area contributed by atoms with Gasteiger partial charge in [0.1, 0.15) is 5.56 Å². The molecule has 5 nitrogen and oxygen atoms in total. The van der Waals surface area contributed by atoms with Crippen molar-refractivity contribution < 1.29 is 9.32 Å². The van der Waals surface area contributed by atoms with Crippen LogP contribution in [0, 0.1) is 6.92 Å². The summed E-state index contributed by atoms with van der Waals surface area (Å²) in [5.41, 5.74) is 2.31. The number of hydrogen-bond donors (Lipinski definition) is 0. The monoisotopic (exact) mass is 347 g/mol. The van der Waals surface area contributed by atoms with E-state index >= 15 is 0 Å². The van der Waals surface area contributed by atoms with Crippen LogP contribution in [0.15, 0.2) is 28.8 Å². The maximum Gasteiger partial charge on any atom is 0.259 e. The van der Waals surface area contributed by atoms with Crippen molar-refractivity contribution in [1.29, 1.82) is 0 Å². The van der Waals surface area contributed by atoms with Gasteiger partial charge in [-0.1, -0.05) is 42.7 Å². The second kappa shape index (κ2) is 6.85. The molecule has 24 heavy (non-hydrogen) atoms. The molecule has 1 aromatic heterocycles. The molecular weight excluding hydrogens is 326 g/mol. The Hall–Kier alpha value is -2.01. The normalized spacial score (nSPS) is 15.2. The van der Waals surface area contributed by atoms with Crippen molar-refractivity contribution in [3.8, 4) is 0 Å². The molecule has 2 aromatic rings. The number of hydrogen-bond acceptors (Lipinski definition) is 4. The number of benzene rings is 1. The lowest BCUT2D eigenvalue weighted by molar-refractivity contribution is 0.0743. The van der Waals surface area contributed by atoms with Gasteiger partial charge < -0.3 is 14.3 Å². The smallest absolute Gasteiger partial charge is 0.259 e. The fraction of sp³-hybridized carbons (Fsp3) is 0.444. The molecule has 1 amide bonds. The quantitative estimate of drug-likeness (QED) is 0.849. The average molecular weight is 348 g/mol. The number of aryl methyl sites for hydroxylation is 1. The van der Waals surface area contributed by atoms with Crippen LogP contribution in [0.1, 0.15) is 41.6 Å². The minimum atomic E-state index is 0.0104. The molecule has 1 aliphatic rings. The Morgan fingerprint density at radius 1 is 1.21 bits per heavy atom. The summed E-state index contributed by atoms with van der Waals surface area (Å²) in [6.07, 6.45) is 0. The van der Waals surface area contributed by atoms with Crippen LogP contribution in [0.3, 0.4) is 0 Å². The Morgan fingerprint density at radius 2 is 1.88 bits per heavy atom. The van der Waals surface area contributed by atoms with Crippen LogP contribution in [0.25, 0.3) is 0 Å². The highest BCUT2D eigenvalue weighted by Gasteiger charge is 2.29. The summed E-state index contributed by atoms with van der Waals surface area (Å²) in [4.78, 5) is 17.0. The molecule has 0 N–H and O–H groups in total. The van der Waals surface area contributed by atoms with Crippen LogP contribution in [0.4, 0.5) is 5.69 Å². The third-order valence-corrected chi connectivity index (χ3v) is 4.71. The molecule has 0 spiro atoms. The highest BCUT2D eigenvalue weighted by Crippen LogP contribution is 2.27. The fourth-order valence-corrected chi connectivity index (χ4v) is 3.31. The molecule has 128 valence electrons. The Balaban J connectivity index is 1.72. The number of carbonyl (C=O) groups excluding carboxylic acids is 1. The van der Waals surface area contributed by atoms with E-state index in [0.29, 0.717) is 30.1 Å². The molecule has 1 saturated heterocycles. The van der Waals surface area contributed by atoms with Gasteiger partial charge >= 0.3 is 0 Å². The number of para-hydroxylation sites is 1. The zero-order valence-electron chi connectivity index (χ0n) is 14.3. The first-order valence-corrected chi connectivity index (χ1v) is 8.61. The van der Waals surface area contributed by atoms with Gasteiger partial charge in [0.05, 0.1) is 16.4 Å². The lowest BCUT2D eigenvalue weighted by Crippen LogP contribution is -2.49. The van der Waals surface area contributed by atoms with E-state index in [0.717, 1.165) is 23.8 Å². The van der Waals surface area contributed by atoms with Crippen molar-refractivity contribution in [3.05, 3.63) is 46.3 Å². The van der Waals surface area contributed by atoms with Gasteiger partial charge in [0.2, 0.25) is 0 Å². The number of anilines is 1. The van der Waals surface area contributed by atoms with Crippen molar-refractivity contribution in [1.82, 2.24) is 10.1 Å². The molecule has 0 bridgehead atoms. The standard InChI is InChI=1S/C18H22ClN3O2/c1-12(2)17-16(13(3)20-24-17)18(23)22-10-8-21(9-11-22)15-7-5-4-6-14(15)19/h4-7,12H,8-11H2,1-3H3. The van der Waals surface area contributed by atoms with E-state index < -0.39 is 0 Å². The van der Waals surface area contributed by atoms with E-state index in [4.69, 9.17) is 16.1 Å².